The highest BCUT2D eigenvalue weighted by Crippen LogP contribution is 2.24. The van der Waals surface area contributed by atoms with Crippen molar-refractivity contribution in [3.63, 3.8) is 0 Å². The van der Waals surface area contributed by atoms with E-state index in [9.17, 15) is 4.39 Å². The molecule has 0 saturated carbocycles. The Morgan fingerprint density at radius 3 is 2.47 bits per heavy atom. The molecular weight excluding hydrogens is 241 g/mol. The van der Waals surface area contributed by atoms with Gasteiger partial charge in [0.25, 0.3) is 0 Å². The molecule has 19 heavy (non-hydrogen) atoms. The lowest BCUT2D eigenvalue weighted by molar-refractivity contribution is 0.442. The van der Waals surface area contributed by atoms with Crippen molar-refractivity contribution in [2.24, 2.45) is 0 Å². The topological polar surface area (TPSA) is 21.3 Å². The monoisotopic (exact) mass is 259 g/mol. The average molecular weight is 259 g/mol. The molecule has 0 spiro atoms. The maximum atomic E-state index is 13.4. The zero-order valence-electron chi connectivity index (χ0n) is 11.0. The van der Waals surface area contributed by atoms with Crippen LogP contribution < -0.4 is 10.1 Å². The lowest BCUT2D eigenvalue weighted by Gasteiger charge is -2.08. The fraction of sp³-hybridized carbons (Fsp3) is 0.250. The van der Waals surface area contributed by atoms with Crippen molar-refractivity contribution in [1.82, 2.24) is 5.32 Å². The molecule has 0 amide bonds. The smallest absolute Gasteiger partial charge is 0.165 e. The van der Waals surface area contributed by atoms with E-state index in [0.717, 1.165) is 19.5 Å². The molecule has 3 heteroatoms. The van der Waals surface area contributed by atoms with Crippen LogP contribution in [-0.4, -0.2) is 6.54 Å². The van der Waals surface area contributed by atoms with E-state index >= 15 is 0 Å². The molecule has 0 heterocycles. The minimum Gasteiger partial charge on any atom is -0.454 e. The molecule has 100 valence electrons. The van der Waals surface area contributed by atoms with Gasteiger partial charge in [0.1, 0.15) is 5.75 Å². The molecule has 0 aromatic heterocycles. The van der Waals surface area contributed by atoms with Gasteiger partial charge in [-0.15, -0.1) is 0 Å². The molecule has 0 aliphatic heterocycles. The van der Waals surface area contributed by atoms with Crippen LogP contribution in [0.5, 0.6) is 11.5 Å². The quantitative estimate of drug-likeness (QED) is 0.788. The van der Waals surface area contributed by atoms with Crippen molar-refractivity contribution in [3.8, 4) is 11.5 Å². The van der Waals surface area contributed by atoms with Gasteiger partial charge in [-0.3, -0.25) is 0 Å². The van der Waals surface area contributed by atoms with E-state index in [1.807, 2.05) is 24.3 Å². The number of para-hydroxylation sites is 1. The molecule has 2 aromatic rings. The number of hydrogen-bond donors (Lipinski definition) is 1. The first-order chi connectivity index (χ1) is 9.29. The lowest BCUT2D eigenvalue weighted by Crippen LogP contribution is -2.13. The van der Waals surface area contributed by atoms with Crippen molar-refractivity contribution < 1.29 is 9.13 Å². The molecule has 0 radical (unpaired) electrons. The summed E-state index contributed by atoms with van der Waals surface area (Å²) in [6.45, 7) is 3.99. The second-order valence-corrected chi connectivity index (χ2v) is 4.35. The van der Waals surface area contributed by atoms with Crippen molar-refractivity contribution in [1.29, 1.82) is 0 Å². The zero-order valence-corrected chi connectivity index (χ0v) is 11.0. The van der Waals surface area contributed by atoms with Gasteiger partial charge in [0.2, 0.25) is 0 Å². The molecular formula is C16H18FNO. The Hall–Kier alpha value is -1.87. The van der Waals surface area contributed by atoms with Crippen LogP contribution in [0.15, 0.2) is 48.5 Å². The van der Waals surface area contributed by atoms with Crippen molar-refractivity contribution in [2.75, 3.05) is 6.54 Å². The third-order valence-electron chi connectivity index (χ3n) is 2.74. The number of hydrogen-bond acceptors (Lipinski definition) is 2. The Bertz CT molecular complexity index is 510. The molecule has 2 aromatic carbocycles. The molecule has 1 N–H and O–H groups in total. The fourth-order valence-corrected chi connectivity index (χ4v) is 1.74. The van der Waals surface area contributed by atoms with E-state index in [1.165, 1.54) is 11.6 Å². The summed E-state index contributed by atoms with van der Waals surface area (Å²) in [4.78, 5) is 0. The number of benzene rings is 2. The molecule has 0 bridgehead atoms. The first kappa shape index (κ1) is 13.6. The van der Waals surface area contributed by atoms with Gasteiger partial charge in [-0.25, -0.2) is 4.39 Å². The summed E-state index contributed by atoms with van der Waals surface area (Å²) in [5.74, 6) is 0.542. The van der Waals surface area contributed by atoms with Gasteiger partial charge in [0.15, 0.2) is 11.6 Å². The third-order valence-corrected chi connectivity index (χ3v) is 2.74. The Labute approximate surface area is 113 Å². The van der Waals surface area contributed by atoms with Crippen LogP contribution in [0.3, 0.4) is 0 Å². The van der Waals surface area contributed by atoms with Crippen molar-refractivity contribution in [3.05, 3.63) is 59.9 Å². The summed E-state index contributed by atoms with van der Waals surface area (Å²) in [7, 11) is 0. The van der Waals surface area contributed by atoms with Gasteiger partial charge in [-0.1, -0.05) is 31.2 Å². The summed E-state index contributed by atoms with van der Waals surface area (Å²) in [5, 5.41) is 3.33. The van der Waals surface area contributed by atoms with E-state index in [4.69, 9.17) is 4.74 Å². The van der Waals surface area contributed by atoms with Crippen LogP contribution in [0.4, 0.5) is 4.39 Å². The summed E-state index contributed by atoms with van der Waals surface area (Å²) in [6, 6.07) is 14.1. The largest absolute Gasteiger partial charge is 0.454 e. The maximum Gasteiger partial charge on any atom is 0.165 e. The number of ether oxygens (including phenoxy) is 1. The first-order valence-electron chi connectivity index (χ1n) is 6.51. The number of nitrogens with one attached hydrogen (secondary N) is 1. The summed E-state index contributed by atoms with van der Waals surface area (Å²) in [5.41, 5.74) is 1.19. The highest BCUT2D eigenvalue weighted by molar-refractivity contribution is 5.33. The predicted octanol–water partition coefficient (Wildman–Crippen LogP) is 4.12. The van der Waals surface area contributed by atoms with Crippen molar-refractivity contribution in [2.45, 2.75) is 19.9 Å². The normalized spacial score (nSPS) is 10.4. The highest BCUT2D eigenvalue weighted by atomic mass is 19.1. The Morgan fingerprint density at radius 1 is 1.05 bits per heavy atom. The third kappa shape index (κ3) is 4.07. The minimum atomic E-state index is -0.351. The molecule has 0 atom stereocenters. The Balaban J connectivity index is 1.97. The van der Waals surface area contributed by atoms with E-state index in [0.29, 0.717) is 5.75 Å². The summed E-state index contributed by atoms with van der Waals surface area (Å²) < 4.78 is 18.9. The molecule has 0 aliphatic rings. The highest BCUT2D eigenvalue weighted by Gasteiger charge is 2.03. The molecule has 0 fully saturated rings. The number of halogens is 1. The SMILES string of the molecule is CCCNCc1ccc(Oc2ccccc2F)cc1. The van der Waals surface area contributed by atoms with Crippen LogP contribution >= 0.6 is 0 Å². The van der Waals surface area contributed by atoms with Crippen LogP contribution in [0.25, 0.3) is 0 Å². The van der Waals surface area contributed by atoms with Gasteiger partial charge in [0, 0.05) is 6.54 Å². The van der Waals surface area contributed by atoms with Gasteiger partial charge < -0.3 is 10.1 Å². The molecule has 2 rings (SSSR count). The van der Waals surface area contributed by atoms with E-state index < -0.39 is 0 Å². The predicted molar refractivity (Wildman–Crippen MR) is 74.9 cm³/mol. The average Bonchev–Trinajstić information content (AvgIpc) is 2.44. The Morgan fingerprint density at radius 2 is 1.79 bits per heavy atom. The Kier molecular flexibility index (Phi) is 4.93. The van der Waals surface area contributed by atoms with E-state index in [2.05, 4.69) is 12.2 Å². The first-order valence-corrected chi connectivity index (χ1v) is 6.51. The van der Waals surface area contributed by atoms with Gasteiger partial charge in [-0.2, -0.15) is 0 Å². The van der Waals surface area contributed by atoms with Crippen molar-refractivity contribution >= 4 is 0 Å². The van der Waals surface area contributed by atoms with Crippen LogP contribution in [0.1, 0.15) is 18.9 Å². The lowest BCUT2D eigenvalue weighted by atomic mass is 10.2. The fourth-order valence-electron chi connectivity index (χ4n) is 1.74. The van der Waals surface area contributed by atoms with Gasteiger partial charge in [0.05, 0.1) is 0 Å². The van der Waals surface area contributed by atoms with E-state index in [-0.39, 0.29) is 11.6 Å². The van der Waals surface area contributed by atoms with Crippen LogP contribution in [0.2, 0.25) is 0 Å². The minimum absolute atomic E-state index is 0.249. The second kappa shape index (κ2) is 6.90. The second-order valence-electron chi connectivity index (χ2n) is 4.35. The molecule has 0 unspecified atom stereocenters. The summed E-state index contributed by atoms with van der Waals surface area (Å²) >= 11 is 0. The standard InChI is InChI=1S/C16H18FNO/c1-2-11-18-12-13-7-9-14(10-8-13)19-16-6-4-3-5-15(16)17/h3-10,18H,2,11-12H2,1H3. The number of rotatable bonds is 6. The molecule has 2 nitrogen and oxygen atoms in total. The molecule has 0 aliphatic carbocycles. The summed E-state index contributed by atoms with van der Waals surface area (Å²) in [6.07, 6.45) is 1.12. The van der Waals surface area contributed by atoms with E-state index in [1.54, 1.807) is 18.2 Å². The van der Waals surface area contributed by atoms with Crippen LogP contribution in [0, 0.1) is 5.82 Å². The van der Waals surface area contributed by atoms with Gasteiger partial charge in [-0.05, 0) is 42.8 Å². The zero-order chi connectivity index (χ0) is 13.5. The molecule has 0 saturated heterocycles. The van der Waals surface area contributed by atoms with Gasteiger partial charge >= 0.3 is 0 Å². The maximum absolute atomic E-state index is 13.4. The van der Waals surface area contributed by atoms with Crippen LogP contribution in [-0.2, 0) is 6.54 Å².